The molecule has 1 fully saturated rings. The normalized spacial score (nSPS) is 23.0. The highest BCUT2D eigenvalue weighted by molar-refractivity contribution is 5.91. The molecule has 6 heteroatoms. The van der Waals surface area contributed by atoms with Crippen LogP contribution in [0.25, 0.3) is 21.8 Å². The van der Waals surface area contributed by atoms with Gasteiger partial charge in [-0.15, -0.1) is 0 Å². The van der Waals surface area contributed by atoms with Gasteiger partial charge in [-0.1, -0.05) is 26.7 Å². The van der Waals surface area contributed by atoms with E-state index in [1.54, 1.807) is 31.4 Å². The van der Waals surface area contributed by atoms with Gasteiger partial charge < -0.3 is 9.58 Å². The summed E-state index contributed by atoms with van der Waals surface area (Å²) in [5, 5.41) is 2.70. The lowest BCUT2D eigenvalue weighted by molar-refractivity contribution is 0.183. The first-order chi connectivity index (χ1) is 12.9. The van der Waals surface area contributed by atoms with Crippen LogP contribution in [0.4, 0.5) is 0 Å². The molecule has 0 bridgehead atoms. The highest BCUT2D eigenvalue weighted by Crippen LogP contribution is 2.37. The average Bonchev–Trinajstić information content (AvgIpc) is 2.64. The predicted octanol–water partition coefficient (Wildman–Crippen LogP) is 2.91. The minimum atomic E-state index is -0.165. The Balaban J connectivity index is 1.94. The van der Waals surface area contributed by atoms with Crippen molar-refractivity contribution in [1.82, 2.24) is 14.2 Å². The van der Waals surface area contributed by atoms with Gasteiger partial charge in [0.05, 0.1) is 21.8 Å². The van der Waals surface area contributed by atoms with Crippen molar-refractivity contribution in [2.45, 2.75) is 39.2 Å². The summed E-state index contributed by atoms with van der Waals surface area (Å²) < 4.78 is 3.38. The fourth-order valence-corrected chi connectivity index (χ4v) is 4.35. The average molecular weight is 366 g/mol. The molecule has 0 unspecified atom stereocenters. The van der Waals surface area contributed by atoms with E-state index in [9.17, 15) is 9.59 Å². The monoisotopic (exact) mass is 366 g/mol. The van der Waals surface area contributed by atoms with Crippen molar-refractivity contribution in [2.75, 3.05) is 19.1 Å². The van der Waals surface area contributed by atoms with Crippen LogP contribution < -0.4 is 16.1 Å². The maximum atomic E-state index is 13.3. The maximum Gasteiger partial charge on any atom is 0.278 e. The summed E-state index contributed by atoms with van der Waals surface area (Å²) in [7, 11) is 3.61. The van der Waals surface area contributed by atoms with Crippen molar-refractivity contribution in [2.24, 2.45) is 11.8 Å². The van der Waals surface area contributed by atoms with Crippen LogP contribution in [-0.2, 0) is 0 Å². The number of aromatic nitrogens is 3. The summed E-state index contributed by atoms with van der Waals surface area (Å²) in [5.74, 6) is 1.06. The molecule has 27 heavy (non-hydrogen) atoms. The zero-order valence-corrected chi connectivity index (χ0v) is 16.3. The Morgan fingerprint density at radius 3 is 2.37 bits per heavy atom. The molecule has 0 N–H and O–H groups in total. The zero-order chi connectivity index (χ0) is 19.3. The Kier molecular flexibility index (Phi) is 4.29. The largest absolute Gasteiger partial charge is 0.316 e. The molecule has 0 amide bonds. The molecular formula is C21H26N4O2. The van der Waals surface area contributed by atoms with Crippen LogP contribution in [0, 0.1) is 11.8 Å². The number of hydrogen-bond donors (Lipinski definition) is 0. The van der Waals surface area contributed by atoms with Gasteiger partial charge in [0.15, 0.2) is 0 Å². The van der Waals surface area contributed by atoms with E-state index in [2.05, 4.69) is 18.8 Å². The van der Waals surface area contributed by atoms with Crippen LogP contribution >= 0.6 is 0 Å². The molecule has 1 aliphatic rings. The lowest BCUT2D eigenvalue weighted by atomic mass is 9.78. The Morgan fingerprint density at radius 1 is 1.00 bits per heavy atom. The van der Waals surface area contributed by atoms with Gasteiger partial charge in [0, 0.05) is 32.5 Å². The van der Waals surface area contributed by atoms with E-state index in [1.165, 1.54) is 11.1 Å². The lowest BCUT2D eigenvalue weighted by Gasteiger charge is -2.35. The minimum Gasteiger partial charge on any atom is -0.316 e. The van der Waals surface area contributed by atoms with Crippen molar-refractivity contribution < 1.29 is 0 Å². The van der Waals surface area contributed by atoms with Gasteiger partial charge in [-0.2, -0.15) is 0 Å². The molecule has 6 nitrogen and oxygen atoms in total. The van der Waals surface area contributed by atoms with Crippen molar-refractivity contribution in [3.63, 3.8) is 0 Å². The Hall–Kier alpha value is -2.63. The standard InChI is InChI=1S/C21H26N4O2/c1-13-6-5-7-19(14(13)2)24-10-8-17-15(20(24)26)12-16-18(22-17)9-11-25(21(16)27)23(3)4/h8-14,19H,5-7H2,1-4H3/t13-,14-,19-/m1/s1. The molecule has 1 saturated carbocycles. The molecule has 142 valence electrons. The summed E-state index contributed by atoms with van der Waals surface area (Å²) in [6.07, 6.45) is 6.96. The summed E-state index contributed by atoms with van der Waals surface area (Å²) in [4.78, 5) is 30.6. The Bertz CT molecular complexity index is 1130. The van der Waals surface area contributed by atoms with E-state index in [0.717, 1.165) is 12.8 Å². The summed E-state index contributed by atoms with van der Waals surface area (Å²) in [6, 6.07) is 5.64. The van der Waals surface area contributed by atoms with Crippen molar-refractivity contribution in [1.29, 1.82) is 0 Å². The number of pyridine rings is 3. The fourth-order valence-electron chi connectivity index (χ4n) is 4.35. The molecule has 4 rings (SSSR count). The first-order valence-corrected chi connectivity index (χ1v) is 9.63. The summed E-state index contributed by atoms with van der Waals surface area (Å²) >= 11 is 0. The van der Waals surface area contributed by atoms with E-state index in [1.807, 2.05) is 22.9 Å². The molecule has 0 radical (unpaired) electrons. The predicted molar refractivity (Wildman–Crippen MR) is 109 cm³/mol. The van der Waals surface area contributed by atoms with E-state index in [-0.39, 0.29) is 17.2 Å². The smallest absolute Gasteiger partial charge is 0.278 e. The fraction of sp³-hybridized carbons (Fsp3) is 0.476. The van der Waals surface area contributed by atoms with Gasteiger partial charge in [-0.25, -0.2) is 9.66 Å². The second-order valence-electron chi connectivity index (χ2n) is 8.03. The van der Waals surface area contributed by atoms with Crippen molar-refractivity contribution in [3.05, 3.63) is 51.3 Å². The Labute approximate surface area is 158 Å². The lowest BCUT2D eigenvalue weighted by Crippen LogP contribution is -2.35. The van der Waals surface area contributed by atoms with Crippen LogP contribution in [0.1, 0.15) is 39.2 Å². The quantitative estimate of drug-likeness (QED) is 0.655. The molecule has 0 aromatic carbocycles. The summed E-state index contributed by atoms with van der Waals surface area (Å²) in [5.41, 5.74) is 1.04. The highest BCUT2D eigenvalue weighted by Gasteiger charge is 2.29. The van der Waals surface area contributed by atoms with Gasteiger partial charge in [0.1, 0.15) is 0 Å². The van der Waals surface area contributed by atoms with Gasteiger partial charge >= 0.3 is 0 Å². The SMILES string of the molecule is C[C@@H]1[C@H](C)CCC[C@H]1n1ccc2nc3ccn(N(C)C)c(=O)c3cc2c1=O. The minimum absolute atomic E-state index is 0.0486. The third-order valence-corrected chi connectivity index (χ3v) is 6.20. The van der Waals surface area contributed by atoms with Crippen LogP contribution in [0.2, 0.25) is 0 Å². The number of nitrogens with zero attached hydrogens (tertiary/aromatic N) is 4. The van der Waals surface area contributed by atoms with Crippen LogP contribution in [0.5, 0.6) is 0 Å². The van der Waals surface area contributed by atoms with Crippen molar-refractivity contribution in [3.8, 4) is 0 Å². The number of hydrogen-bond acceptors (Lipinski definition) is 4. The molecule has 0 aliphatic heterocycles. The third-order valence-electron chi connectivity index (χ3n) is 6.20. The third kappa shape index (κ3) is 2.83. The number of fused-ring (bicyclic) bond motifs is 2. The van der Waals surface area contributed by atoms with Gasteiger partial charge in [0.25, 0.3) is 11.1 Å². The van der Waals surface area contributed by atoms with Gasteiger partial charge in [0.2, 0.25) is 0 Å². The van der Waals surface area contributed by atoms with E-state index < -0.39 is 0 Å². The van der Waals surface area contributed by atoms with E-state index in [4.69, 9.17) is 0 Å². The van der Waals surface area contributed by atoms with Crippen molar-refractivity contribution >= 4 is 21.8 Å². The van der Waals surface area contributed by atoms with Crippen LogP contribution in [0.15, 0.2) is 40.2 Å². The molecule has 1 aliphatic carbocycles. The molecular weight excluding hydrogens is 340 g/mol. The molecule has 0 spiro atoms. The number of rotatable bonds is 2. The van der Waals surface area contributed by atoms with Crippen LogP contribution in [-0.4, -0.2) is 28.3 Å². The first kappa shape index (κ1) is 17.8. The van der Waals surface area contributed by atoms with E-state index >= 15 is 0 Å². The maximum absolute atomic E-state index is 13.3. The molecule has 3 aromatic rings. The van der Waals surface area contributed by atoms with Gasteiger partial charge in [-0.3, -0.25) is 9.59 Å². The van der Waals surface area contributed by atoms with Gasteiger partial charge in [-0.05, 0) is 36.5 Å². The molecule has 3 heterocycles. The second-order valence-corrected chi connectivity index (χ2v) is 8.03. The first-order valence-electron chi connectivity index (χ1n) is 9.63. The Morgan fingerprint density at radius 2 is 1.67 bits per heavy atom. The zero-order valence-electron chi connectivity index (χ0n) is 16.3. The second kappa shape index (κ2) is 6.51. The van der Waals surface area contributed by atoms with Crippen LogP contribution in [0.3, 0.4) is 0 Å². The van der Waals surface area contributed by atoms with E-state index in [0.29, 0.717) is 33.6 Å². The highest BCUT2D eigenvalue weighted by atomic mass is 16.1. The molecule has 0 saturated heterocycles. The summed E-state index contributed by atoms with van der Waals surface area (Å²) in [6.45, 7) is 4.50. The topological polar surface area (TPSA) is 60.1 Å². The molecule has 3 atom stereocenters. The molecule has 3 aromatic heterocycles.